The van der Waals surface area contributed by atoms with Crippen LogP contribution in [0, 0.1) is 18.3 Å². The minimum Gasteiger partial charge on any atom is -0.339 e. The van der Waals surface area contributed by atoms with Gasteiger partial charge in [0, 0.05) is 17.6 Å². The van der Waals surface area contributed by atoms with Gasteiger partial charge in [0.25, 0.3) is 0 Å². The van der Waals surface area contributed by atoms with Crippen molar-refractivity contribution in [3.63, 3.8) is 0 Å². The topological polar surface area (TPSA) is 45.8 Å². The minimum atomic E-state index is 0.0106. The third kappa shape index (κ3) is 2.73. The number of allylic oxidation sites excluding steroid dienone is 1. The lowest BCUT2D eigenvalue weighted by atomic mass is 10.2. The maximum Gasteiger partial charge on any atom is 0.195 e. The van der Waals surface area contributed by atoms with E-state index >= 15 is 0 Å². The summed E-state index contributed by atoms with van der Waals surface area (Å²) in [6.07, 6.45) is 4.31. The Hall–Kier alpha value is -2.12. The lowest BCUT2D eigenvalue weighted by molar-refractivity contribution is 0.105. The summed E-state index contributed by atoms with van der Waals surface area (Å²) in [7, 11) is 1.85. The highest BCUT2D eigenvalue weighted by Gasteiger charge is 2.08. The Labute approximate surface area is 122 Å². The molecule has 0 amide bonds. The fourth-order valence-corrected chi connectivity index (χ4v) is 2.81. The van der Waals surface area contributed by atoms with E-state index in [1.54, 1.807) is 18.2 Å². The van der Waals surface area contributed by atoms with Gasteiger partial charge in [0.15, 0.2) is 5.78 Å². The zero-order valence-corrected chi connectivity index (χ0v) is 12.6. The Morgan fingerprint density at radius 1 is 1.50 bits per heavy atom. The van der Waals surface area contributed by atoms with Crippen LogP contribution < -0.4 is 0 Å². The second kappa shape index (κ2) is 5.89. The molecule has 0 atom stereocenters. The van der Waals surface area contributed by atoms with Gasteiger partial charge in [-0.25, -0.2) is 0 Å². The van der Waals surface area contributed by atoms with Gasteiger partial charge in [0.2, 0.25) is 0 Å². The predicted molar refractivity (Wildman–Crippen MR) is 81.9 cm³/mol. The fraction of sp³-hybridized carbons (Fsp3) is 0.250. The number of hydrogen-bond donors (Lipinski definition) is 0. The molecule has 0 aliphatic carbocycles. The number of ketones is 1. The van der Waals surface area contributed by atoms with E-state index < -0.39 is 0 Å². The van der Waals surface area contributed by atoms with Gasteiger partial charge < -0.3 is 4.57 Å². The third-order valence-electron chi connectivity index (χ3n) is 3.36. The quantitative estimate of drug-likeness (QED) is 0.634. The van der Waals surface area contributed by atoms with Crippen LogP contribution in [-0.4, -0.2) is 10.4 Å². The molecule has 0 saturated carbocycles. The predicted octanol–water partition coefficient (Wildman–Crippen LogP) is 3.73. The maximum atomic E-state index is 12.1. The molecule has 0 aliphatic rings. The Kier molecular flexibility index (Phi) is 4.21. The van der Waals surface area contributed by atoms with Crippen molar-refractivity contribution in [2.45, 2.75) is 20.3 Å². The number of aryl methyl sites for hydroxylation is 1. The monoisotopic (exact) mass is 284 g/mol. The Morgan fingerprint density at radius 2 is 2.25 bits per heavy atom. The molecule has 0 saturated heterocycles. The zero-order valence-electron chi connectivity index (χ0n) is 11.8. The van der Waals surface area contributed by atoms with Gasteiger partial charge in [-0.3, -0.25) is 4.79 Å². The summed E-state index contributed by atoms with van der Waals surface area (Å²) >= 11 is 1.53. The molecule has 20 heavy (non-hydrogen) atoms. The average Bonchev–Trinajstić information content (AvgIpc) is 3.04. The first-order chi connectivity index (χ1) is 9.56. The molecule has 0 aromatic carbocycles. The number of carbonyl (C=O) groups is 1. The fourth-order valence-electron chi connectivity index (χ4n) is 1.95. The number of nitriles is 1. The highest BCUT2D eigenvalue weighted by molar-refractivity contribution is 7.14. The molecular weight excluding hydrogens is 268 g/mol. The van der Waals surface area contributed by atoms with Gasteiger partial charge in [-0.1, -0.05) is 6.92 Å². The van der Waals surface area contributed by atoms with Crippen molar-refractivity contribution in [3.8, 4) is 6.07 Å². The first-order valence-electron chi connectivity index (χ1n) is 6.44. The molecule has 3 nitrogen and oxygen atoms in total. The van der Waals surface area contributed by atoms with Crippen molar-refractivity contribution in [3.05, 3.63) is 51.0 Å². The van der Waals surface area contributed by atoms with Crippen LogP contribution in [0.2, 0.25) is 0 Å². The van der Waals surface area contributed by atoms with Gasteiger partial charge in [0.05, 0.1) is 4.88 Å². The van der Waals surface area contributed by atoms with Gasteiger partial charge in [-0.05, 0) is 49.3 Å². The summed E-state index contributed by atoms with van der Waals surface area (Å²) in [6.45, 7) is 4.01. The molecule has 4 heteroatoms. The lowest BCUT2D eigenvalue weighted by Gasteiger charge is -1.97. The Balaban J connectivity index is 2.21. The van der Waals surface area contributed by atoms with Crippen molar-refractivity contribution < 1.29 is 4.79 Å². The second-order valence-corrected chi connectivity index (χ2v) is 5.73. The molecule has 0 N–H and O–H groups in total. The number of aromatic nitrogens is 1. The Morgan fingerprint density at radius 3 is 2.80 bits per heavy atom. The van der Waals surface area contributed by atoms with E-state index in [4.69, 9.17) is 5.26 Å². The number of carbonyl (C=O) groups excluding carboxylic acids is 1. The van der Waals surface area contributed by atoms with E-state index in [-0.39, 0.29) is 5.78 Å². The molecule has 0 unspecified atom stereocenters. The molecule has 0 bridgehead atoms. The van der Waals surface area contributed by atoms with Crippen molar-refractivity contribution in [2.75, 3.05) is 0 Å². The summed E-state index contributed by atoms with van der Waals surface area (Å²) < 4.78 is 1.82. The van der Waals surface area contributed by atoms with E-state index in [0.29, 0.717) is 5.69 Å². The van der Waals surface area contributed by atoms with Gasteiger partial charge in [-0.2, -0.15) is 5.26 Å². The van der Waals surface area contributed by atoms with E-state index in [1.807, 2.05) is 30.7 Å². The molecule has 0 aliphatic heterocycles. The van der Waals surface area contributed by atoms with Crippen LogP contribution in [-0.2, 0) is 13.5 Å². The van der Waals surface area contributed by atoms with Crippen LogP contribution in [0.4, 0.5) is 0 Å². The molecule has 2 rings (SSSR count). The number of nitrogens with zero attached hydrogens (tertiary/aromatic N) is 2. The number of rotatable bonds is 4. The normalized spacial score (nSPS) is 10.9. The van der Waals surface area contributed by atoms with E-state index in [0.717, 1.165) is 22.6 Å². The second-order valence-electron chi connectivity index (χ2n) is 4.56. The first-order valence-corrected chi connectivity index (χ1v) is 7.26. The van der Waals surface area contributed by atoms with Crippen LogP contribution in [0.15, 0.2) is 24.3 Å². The molecule has 0 fully saturated rings. The summed E-state index contributed by atoms with van der Waals surface area (Å²) in [5.74, 6) is 0.0106. The highest BCUT2D eigenvalue weighted by atomic mass is 32.1. The molecule has 0 spiro atoms. The number of hydrogen-bond acceptors (Lipinski definition) is 3. The molecule has 2 aromatic rings. The van der Waals surface area contributed by atoms with Crippen LogP contribution in [0.3, 0.4) is 0 Å². The molecule has 2 heterocycles. The summed E-state index contributed by atoms with van der Waals surface area (Å²) in [6, 6.07) is 7.79. The third-order valence-corrected chi connectivity index (χ3v) is 4.60. The summed E-state index contributed by atoms with van der Waals surface area (Å²) in [4.78, 5) is 14.0. The summed E-state index contributed by atoms with van der Waals surface area (Å²) in [5.41, 5.74) is 2.48. The van der Waals surface area contributed by atoms with Crippen LogP contribution in [0.25, 0.3) is 6.08 Å². The minimum absolute atomic E-state index is 0.0106. The van der Waals surface area contributed by atoms with Crippen molar-refractivity contribution >= 4 is 23.2 Å². The summed E-state index contributed by atoms with van der Waals surface area (Å²) in [5, 5.41) is 8.98. The largest absolute Gasteiger partial charge is 0.339 e. The van der Waals surface area contributed by atoms with Crippen molar-refractivity contribution in [2.24, 2.45) is 7.05 Å². The molecule has 102 valence electrons. The molecular formula is C16H16N2OS. The molecule has 0 radical (unpaired) electrons. The van der Waals surface area contributed by atoms with Crippen molar-refractivity contribution in [1.82, 2.24) is 4.57 Å². The van der Waals surface area contributed by atoms with Crippen LogP contribution in [0.5, 0.6) is 0 Å². The van der Waals surface area contributed by atoms with Crippen LogP contribution in [0.1, 0.15) is 38.4 Å². The van der Waals surface area contributed by atoms with E-state index in [1.165, 1.54) is 16.2 Å². The van der Waals surface area contributed by atoms with E-state index in [2.05, 4.69) is 13.0 Å². The van der Waals surface area contributed by atoms with Crippen LogP contribution >= 0.6 is 11.3 Å². The van der Waals surface area contributed by atoms with Gasteiger partial charge >= 0.3 is 0 Å². The standard InChI is InChI=1S/C16H16N2OS/c1-4-14-6-8-16(20-14)15(19)7-5-12-9-13(10-17)18(3)11(12)2/h5-9H,4H2,1-3H3/b7-5+. The average molecular weight is 284 g/mol. The maximum absolute atomic E-state index is 12.1. The zero-order chi connectivity index (χ0) is 14.7. The number of thiophene rings is 1. The first kappa shape index (κ1) is 14.3. The Bertz CT molecular complexity index is 713. The van der Waals surface area contributed by atoms with Crippen molar-refractivity contribution in [1.29, 1.82) is 5.26 Å². The highest BCUT2D eigenvalue weighted by Crippen LogP contribution is 2.19. The van der Waals surface area contributed by atoms with E-state index in [9.17, 15) is 4.79 Å². The van der Waals surface area contributed by atoms with Gasteiger partial charge in [0.1, 0.15) is 11.8 Å². The molecule has 2 aromatic heterocycles. The lowest BCUT2D eigenvalue weighted by Crippen LogP contribution is -1.94. The smallest absolute Gasteiger partial charge is 0.195 e. The SMILES string of the molecule is CCc1ccc(C(=O)/C=C/c2cc(C#N)n(C)c2C)s1. The van der Waals surface area contributed by atoms with Gasteiger partial charge in [-0.15, -0.1) is 11.3 Å².